The molecule has 0 aliphatic carbocycles. The second-order valence-electron chi connectivity index (χ2n) is 17.9. The molecule has 2 heterocycles. The van der Waals surface area contributed by atoms with Crippen molar-refractivity contribution in [2.75, 3.05) is 9.80 Å². The lowest BCUT2D eigenvalue weighted by Crippen LogP contribution is -2.11. The minimum absolute atomic E-state index is 0.103. The third-order valence-electron chi connectivity index (χ3n) is 13.5. The monoisotopic (exact) mass is 979 g/mol. The highest BCUT2D eigenvalue weighted by molar-refractivity contribution is 6.13. The number of hydrogen-bond acceptors (Lipinski definition) is 3. The number of rotatable bonds is 9. The Bertz CT molecular complexity index is 4010. The highest BCUT2D eigenvalue weighted by atomic mass is 19.4. The van der Waals surface area contributed by atoms with Crippen LogP contribution in [-0.2, 0) is 12.4 Å². The van der Waals surface area contributed by atoms with E-state index >= 15 is 0 Å². The molecule has 358 valence electrons. The van der Waals surface area contributed by atoms with Gasteiger partial charge in [0.25, 0.3) is 0 Å². The molecule has 10 aromatic carbocycles. The number of anilines is 6. The smallest absolute Gasteiger partial charge is 0.310 e. The molecule has 12 rings (SSSR count). The van der Waals surface area contributed by atoms with Crippen LogP contribution in [0.5, 0.6) is 0 Å². The number of benzene rings is 10. The average molecular weight is 980 g/mol. The molecule has 0 saturated carbocycles. The van der Waals surface area contributed by atoms with Gasteiger partial charge in [-0.05, 0) is 133 Å². The normalized spacial score (nSPS) is 11.9. The lowest BCUT2D eigenvalue weighted by Gasteiger charge is -2.26. The van der Waals surface area contributed by atoms with E-state index in [1.807, 2.05) is 203 Å². The van der Waals surface area contributed by atoms with E-state index in [9.17, 15) is 31.6 Å². The van der Waals surface area contributed by atoms with Gasteiger partial charge < -0.3 is 18.9 Å². The van der Waals surface area contributed by atoms with E-state index in [-0.39, 0.29) is 17.2 Å². The van der Waals surface area contributed by atoms with Gasteiger partial charge in [0.1, 0.15) is 0 Å². The maximum Gasteiger partial charge on any atom is 0.416 e. The second-order valence-corrected chi connectivity index (χ2v) is 17.9. The summed E-state index contributed by atoms with van der Waals surface area (Å²) in [4.78, 5) is 4.30. The topological polar surface area (TPSA) is 40.1 Å². The maximum absolute atomic E-state index is 14.6. The molecule has 0 aliphatic heterocycles. The molecule has 11 heteroatoms. The van der Waals surface area contributed by atoms with Crippen LogP contribution in [0.1, 0.15) is 16.7 Å². The molecule has 0 bridgehead atoms. The molecule has 0 atom stereocenters. The van der Waals surface area contributed by atoms with Crippen LogP contribution in [0, 0.1) is 11.3 Å². The summed E-state index contributed by atoms with van der Waals surface area (Å²) < 4.78 is 91.4. The number of halogens is 6. The maximum atomic E-state index is 14.6. The Labute approximate surface area is 420 Å². The van der Waals surface area contributed by atoms with Gasteiger partial charge in [-0.25, -0.2) is 0 Å². The van der Waals surface area contributed by atoms with Crippen molar-refractivity contribution in [3.05, 3.63) is 253 Å². The van der Waals surface area contributed by atoms with Crippen LogP contribution >= 0.6 is 0 Å². The number of nitrogens with zero attached hydrogens (tertiary/aromatic N) is 5. The number of aromatic nitrogens is 2. The Balaban J connectivity index is 1.17. The van der Waals surface area contributed by atoms with Crippen LogP contribution in [0.4, 0.5) is 60.5 Å². The first-order valence-electron chi connectivity index (χ1n) is 23.7. The van der Waals surface area contributed by atoms with Crippen molar-refractivity contribution in [1.82, 2.24) is 9.13 Å². The van der Waals surface area contributed by atoms with Gasteiger partial charge in [-0.2, -0.15) is 31.6 Å². The highest BCUT2D eigenvalue weighted by Crippen LogP contribution is 2.46. The van der Waals surface area contributed by atoms with Gasteiger partial charge in [-0.15, -0.1) is 0 Å². The van der Waals surface area contributed by atoms with E-state index < -0.39 is 29.0 Å². The van der Waals surface area contributed by atoms with E-state index in [4.69, 9.17) is 0 Å². The van der Waals surface area contributed by atoms with E-state index in [2.05, 4.69) is 28.0 Å². The Hall–Kier alpha value is -9.53. The van der Waals surface area contributed by atoms with Crippen molar-refractivity contribution in [2.45, 2.75) is 12.4 Å². The van der Waals surface area contributed by atoms with Gasteiger partial charge in [-0.3, -0.25) is 0 Å². The van der Waals surface area contributed by atoms with E-state index in [0.29, 0.717) is 34.5 Å². The minimum atomic E-state index is -5.12. The fourth-order valence-corrected chi connectivity index (χ4v) is 10.3. The molecule has 0 fully saturated rings. The summed E-state index contributed by atoms with van der Waals surface area (Å²) in [7, 11) is 0. The Morgan fingerprint density at radius 2 is 0.689 bits per heavy atom. The van der Waals surface area contributed by atoms with Crippen molar-refractivity contribution in [2.24, 2.45) is 0 Å². The van der Waals surface area contributed by atoms with Crippen LogP contribution in [0.15, 0.2) is 237 Å². The summed E-state index contributed by atoms with van der Waals surface area (Å²) >= 11 is 0. The van der Waals surface area contributed by atoms with Crippen molar-refractivity contribution in [3.63, 3.8) is 0 Å². The lowest BCUT2D eigenvalue weighted by molar-refractivity contribution is -0.143. The first-order valence-corrected chi connectivity index (χ1v) is 23.7. The highest BCUT2D eigenvalue weighted by Gasteiger charge is 2.37. The zero-order valence-electron chi connectivity index (χ0n) is 39.0. The van der Waals surface area contributed by atoms with Gasteiger partial charge in [0.05, 0.1) is 56.2 Å². The second kappa shape index (κ2) is 17.9. The summed E-state index contributed by atoms with van der Waals surface area (Å²) in [6, 6.07) is 74.5. The lowest BCUT2D eigenvalue weighted by atomic mass is 9.94. The molecule has 0 spiro atoms. The predicted molar refractivity (Wildman–Crippen MR) is 285 cm³/mol. The SMILES string of the molecule is N#Cc1cc(-n2c3ccccc3c3cc(N(c4ccccc4)c4ccccc4)ccc32)c(-n2c3ccccc3c3cc(N(c4ccccc4)c4ccccc4)ccc32)cc1-c1cc(C(F)(F)F)cc(C(F)(F)F)c1. The van der Waals surface area contributed by atoms with Crippen LogP contribution in [0.25, 0.3) is 66.1 Å². The molecule has 12 aromatic rings. The van der Waals surface area contributed by atoms with Crippen molar-refractivity contribution >= 4 is 77.7 Å². The molecule has 0 N–H and O–H groups in total. The van der Waals surface area contributed by atoms with Gasteiger partial charge in [0.15, 0.2) is 0 Å². The Morgan fingerprint density at radius 1 is 0.338 bits per heavy atom. The summed E-state index contributed by atoms with van der Waals surface area (Å²) in [5.41, 5.74) is 5.63. The fourth-order valence-electron chi connectivity index (χ4n) is 10.3. The van der Waals surface area contributed by atoms with Crippen LogP contribution in [0.3, 0.4) is 0 Å². The van der Waals surface area contributed by atoms with Crippen molar-refractivity contribution in [3.8, 4) is 28.6 Å². The quantitative estimate of drug-likeness (QED) is 0.135. The largest absolute Gasteiger partial charge is 0.416 e. The zero-order chi connectivity index (χ0) is 50.7. The molecule has 2 aromatic heterocycles. The minimum Gasteiger partial charge on any atom is -0.310 e. The standard InChI is InChI=1S/C63H39F6N5/c64-62(65,66)43-33-41(34-44(36-43)63(67,68)69)53-39-61(74-57-28-16-14-26-52(57)55-38-50(30-32-59(55)74)72(47-21-9-3-10-22-47)48-23-11-4-12-24-48)60(35-42(53)40-70)73-56-27-15-13-25-51(56)54-37-49(29-31-58(54)73)71(45-17-5-1-6-18-45)46-19-7-2-8-20-46/h1-39H. The van der Waals surface area contributed by atoms with Gasteiger partial charge in [0.2, 0.25) is 0 Å². The van der Waals surface area contributed by atoms with Gasteiger partial charge in [-0.1, -0.05) is 109 Å². The molecule has 0 unspecified atom stereocenters. The predicted octanol–water partition coefficient (Wildman–Crippen LogP) is 18.4. The third kappa shape index (κ3) is 7.94. The summed E-state index contributed by atoms with van der Waals surface area (Å²) in [6.07, 6.45) is -10.2. The molecular formula is C63H39F6N5. The molecule has 0 aliphatic rings. The Kier molecular flexibility index (Phi) is 11.1. The summed E-state index contributed by atoms with van der Waals surface area (Å²) in [5, 5.41) is 14.4. The van der Waals surface area contributed by atoms with E-state index in [0.717, 1.165) is 66.7 Å². The molecule has 5 nitrogen and oxygen atoms in total. The number of hydrogen-bond donors (Lipinski definition) is 0. The third-order valence-corrected chi connectivity index (χ3v) is 13.5. The van der Waals surface area contributed by atoms with Gasteiger partial charge >= 0.3 is 12.4 Å². The van der Waals surface area contributed by atoms with Gasteiger partial charge in [0, 0.05) is 61.2 Å². The molecule has 74 heavy (non-hydrogen) atoms. The van der Waals surface area contributed by atoms with Crippen LogP contribution in [-0.4, -0.2) is 9.13 Å². The molecule has 0 radical (unpaired) electrons. The molecule has 0 amide bonds. The Morgan fingerprint density at radius 3 is 1.07 bits per heavy atom. The number of alkyl halides is 6. The fraction of sp³-hybridized carbons (Fsp3) is 0.0317. The average Bonchev–Trinajstić information content (AvgIpc) is 3.94. The first kappa shape index (κ1) is 45.6. The number of fused-ring (bicyclic) bond motifs is 6. The first-order chi connectivity index (χ1) is 35.9. The van der Waals surface area contributed by atoms with E-state index in [1.165, 1.54) is 0 Å². The summed E-state index contributed by atoms with van der Waals surface area (Å²) in [5.74, 6) is 0. The van der Waals surface area contributed by atoms with E-state index in [1.54, 1.807) is 12.1 Å². The van der Waals surface area contributed by atoms with Crippen LogP contribution in [0.2, 0.25) is 0 Å². The summed E-state index contributed by atoms with van der Waals surface area (Å²) in [6.45, 7) is 0. The molecule has 0 saturated heterocycles. The molecular weight excluding hydrogens is 941 g/mol. The van der Waals surface area contributed by atoms with Crippen LogP contribution < -0.4 is 9.80 Å². The van der Waals surface area contributed by atoms with Crippen molar-refractivity contribution in [1.29, 1.82) is 5.26 Å². The number of nitriles is 1. The number of para-hydroxylation sites is 6. The zero-order valence-corrected chi connectivity index (χ0v) is 39.0. The van der Waals surface area contributed by atoms with Crippen molar-refractivity contribution < 1.29 is 26.3 Å².